The Morgan fingerprint density at radius 3 is 2.46 bits per heavy atom. The number of carbonyl (C=O) groups excluding carboxylic acids is 1. The van der Waals surface area contributed by atoms with E-state index in [2.05, 4.69) is 15.0 Å². The van der Waals surface area contributed by atoms with E-state index in [1.165, 1.54) is 26.5 Å². The molecule has 4 rings (SSSR count). The number of hydrogen-bond donors (Lipinski definition) is 2. The predicted molar refractivity (Wildman–Crippen MR) is 134 cm³/mol. The highest BCUT2D eigenvalue weighted by atomic mass is 32.2. The van der Waals surface area contributed by atoms with Gasteiger partial charge in [-0.05, 0) is 36.2 Å². The van der Waals surface area contributed by atoms with Gasteiger partial charge in [0.1, 0.15) is 22.4 Å². The minimum absolute atomic E-state index is 0.00323. The number of sulfonamides is 1. The Hall–Kier alpha value is -3.95. The van der Waals surface area contributed by atoms with Crippen LogP contribution >= 0.6 is 0 Å². The van der Waals surface area contributed by atoms with E-state index in [-0.39, 0.29) is 11.3 Å². The molecule has 1 atom stereocenters. The number of amides is 1. The fourth-order valence-corrected chi connectivity index (χ4v) is 5.08. The molecule has 0 aliphatic carbocycles. The summed E-state index contributed by atoms with van der Waals surface area (Å²) in [4.78, 5) is 17.6. The molecule has 0 aliphatic rings. The Bertz CT molecular complexity index is 1440. The minimum atomic E-state index is -4.09. The van der Waals surface area contributed by atoms with Crippen LogP contribution in [0, 0.1) is 0 Å². The van der Waals surface area contributed by atoms with Crippen molar-refractivity contribution in [2.75, 3.05) is 19.5 Å². The predicted octanol–water partition coefficient (Wildman–Crippen LogP) is 3.78. The molecule has 35 heavy (non-hydrogen) atoms. The average Bonchev–Trinajstić information content (AvgIpc) is 2.88. The first-order chi connectivity index (χ1) is 16.9. The van der Waals surface area contributed by atoms with Crippen molar-refractivity contribution in [3.05, 3.63) is 90.6 Å². The Morgan fingerprint density at radius 2 is 1.71 bits per heavy atom. The zero-order valence-corrected chi connectivity index (χ0v) is 20.1. The van der Waals surface area contributed by atoms with Gasteiger partial charge in [-0.15, -0.1) is 0 Å². The second-order valence-electron chi connectivity index (χ2n) is 7.75. The molecule has 1 amide bonds. The van der Waals surface area contributed by atoms with Gasteiger partial charge >= 0.3 is 0 Å². The maximum atomic E-state index is 13.4. The van der Waals surface area contributed by atoms with E-state index in [1.54, 1.807) is 42.5 Å². The number of nitrogens with one attached hydrogen (secondary N) is 2. The van der Waals surface area contributed by atoms with Gasteiger partial charge in [0.05, 0.1) is 25.4 Å². The molecule has 9 heteroatoms. The second kappa shape index (κ2) is 10.5. The quantitative estimate of drug-likeness (QED) is 0.369. The van der Waals surface area contributed by atoms with Crippen molar-refractivity contribution >= 4 is 32.5 Å². The molecule has 3 aromatic carbocycles. The van der Waals surface area contributed by atoms with Gasteiger partial charge in [-0.2, -0.15) is 4.72 Å². The number of fused-ring (bicyclic) bond motifs is 1. The van der Waals surface area contributed by atoms with Crippen LogP contribution in [-0.4, -0.2) is 39.6 Å². The lowest BCUT2D eigenvalue weighted by atomic mass is 10.1. The lowest BCUT2D eigenvalue weighted by Crippen LogP contribution is -2.45. The van der Waals surface area contributed by atoms with Crippen molar-refractivity contribution in [1.82, 2.24) is 9.71 Å². The molecule has 2 N–H and O–H groups in total. The highest BCUT2D eigenvalue weighted by molar-refractivity contribution is 7.89. The lowest BCUT2D eigenvalue weighted by molar-refractivity contribution is -0.117. The fourth-order valence-electron chi connectivity index (χ4n) is 3.70. The summed E-state index contributed by atoms with van der Waals surface area (Å²) in [6, 6.07) is 21.5. The van der Waals surface area contributed by atoms with E-state index in [4.69, 9.17) is 9.47 Å². The number of benzene rings is 3. The van der Waals surface area contributed by atoms with Crippen molar-refractivity contribution in [3.8, 4) is 11.5 Å². The number of rotatable bonds is 9. The van der Waals surface area contributed by atoms with Gasteiger partial charge in [0, 0.05) is 17.6 Å². The molecule has 0 spiro atoms. The third-order valence-electron chi connectivity index (χ3n) is 5.45. The van der Waals surface area contributed by atoms with E-state index in [9.17, 15) is 13.2 Å². The van der Waals surface area contributed by atoms with E-state index in [0.717, 1.165) is 5.56 Å². The van der Waals surface area contributed by atoms with Gasteiger partial charge in [0.25, 0.3) is 0 Å². The molecular weight excluding hydrogens is 466 g/mol. The summed E-state index contributed by atoms with van der Waals surface area (Å²) in [5.74, 6) is 0.413. The van der Waals surface area contributed by atoms with Gasteiger partial charge in [0.15, 0.2) is 0 Å². The van der Waals surface area contributed by atoms with Crippen LogP contribution in [0.15, 0.2) is 90.0 Å². The van der Waals surface area contributed by atoms with Crippen LogP contribution < -0.4 is 19.5 Å². The van der Waals surface area contributed by atoms with Gasteiger partial charge in [-0.3, -0.25) is 9.78 Å². The standard InChI is InChI=1S/C26H25N3O5S/c1-33-20-13-14-21(23(17-20)34-2)28-26(30)22(16-18-8-4-3-5-9-18)29-35(31,32)24-12-6-10-19-11-7-15-27-25(19)24/h3-15,17,22,29H,16H2,1-2H3,(H,28,30)/t22-/m1/s1. The molecule has 1 heterocycles. The number of methoxy groups -OCH3 is 2. The first-order valence-corrected chi connectivity index (χ1v) is 12.3. The third-order valence-corrected chi connectivity index (χ3v) is 6.95. The molecule has 0 bridgehead atoms. The Labute approximate surface area is 204 Å². The van der Waals surface area contributed by atoms with Crippen molar-refractivity contribution in [1.29, 1.82) is 0 Å². The van der Waals surface area contributed by atoms with Crippen molar-refractivity contribution in [2.24, 2.45) is 0 Å². The van der Waals surface area contributed by atoms with Crippen LogP contribution in [0.25, 0.3) is 10.9 Å². The zero-order chi connectivity index (χ0) is 24.8. The largest absolute Gasteiger partial charge is 0.497 e. The number of ether oxygens (including phenoxy) is 2. The summed E-state index contributed by atoms with van der Waals surface area (Å²) < 4.78 is 40.0. The van der Waals surface area contributed by atoms with Crippen molar-refractivity contribution in [2.45, 2.75) is 17.4 Å². The zero-order valence-electron chi connectivity index (χ0n) is 19.3. The van der Waals surface area contributed by atoms with E-state index in [0.29, 0.717) is 28.1 Å². The van der Waals surface area contributed by atoms with Gasteiger partial charge < -0.3 is 14.8 Å². The van der Waals surface area contributed by atoms with Crippen LogP contribution in [0.4, 0.5) is 5.69 Å². The number of aromatic nitrogens is 1. The lowest BCUT2D eigenvalue weighted by Gasteiger charge is -2.20. The molecule has 0 saturated heterocycles. The van der Waals surface area contributed by atoms with Crippen LogP contribution in [0.3, 0.4) is 0 Å². The normalized spacial score (nSPS) is 12.2. The number of anilines is 1. The number of nitrogens with zero attached hydrogens (tertiary/aromatic N) is 1. The summed E-state index contributed by atoms with van der Waals surface area (Å²) >= 11 is 0. The van der Waals surface area contributed by atoms with Crippen LogP contribution in [0.5, 0.6) is 11.5 Å². The smallest absolute Gasteiger partial charge is 0.243 e. The molecule has 4 aromatic rings. The number of carbonyl (C=O) groups is 1. The summed E-state index contributed by atoms with van der Waals surface area (Å²) in [5, 5.41) is 3.47. The molecule has 8 nitrogen and oxygen atoms in total. The summed E-state index contributed by atoms with van der Waals surface area (Å²) in [6.45, 7) is 0. The van der Waals surface area contributed by atoms with E-state index >= 15 is 0 Å². The van der Waals surface area contributed by atoms with E-state index < -0.39 is 22.0 Å². The van der Waals surface area contributed by atoms with Gasteiger partial charge in [0.2, 0.25) is 15.9 Å². The highest BCUT2D eigenvalue weighted by Gasteiger charge is 2.28. The first-order valence-electron chi connectivity index (χ1n) is 10.8. The number of hydrogen-bond acceptors (Lipinski definition) is 6. The Morgan fingerprint density at radius 1 is 0.943 bits per heavy atom. The Kier molecular flexibility index (Phi) is 7.28. The van der Waals surface area contributed by atoms with E-state index in [1.807, 2.05) is 30.3 Å². The SMILES string of the molecule is COc1ccc(NC(=O)[C@@H](Cc2ccccc2)NS(=O)(=O)c2cccc3cccnc23)c(OC)c1. The fraction of sp³-hybridized carbons (Fsp3) is 0.154. The molecule has 0 aliphatic heterocycles. The minimum Gasteiger partial charge on any atom is -0.497 e. The van der Waals surface area contributed by atoms with Crippen LogP contribution in [-0.2, 0) is 21.2 Å². The first kappa shape index (κ1) is 24.2. The van der Waals surface area contributed by atoms with Gasteiger partial charge in [-0.25, -0.2) is 8.42 Å². The van der Waals surface area contributed by atoms with Crippen LogP contribution in [0.2, 0.25) is 0 Å². The molecule has 0 radical (unpaired) electrons. The third kappa shape index (κ3) is 5.59. The Balaban J connectivity index is 1.67. The molecular formula is C26H25N3O5S. The van der Waals surface area contributed by atoms with Crippen molar-refractivity contribution in [3.63, 3.8) is 0 Å². The van der Waals surface area contributed by atoms with Gasteiger partial charge in [-0.1, -0.05) is 48.5 Å². The number of pyridine rings is 1. The summed E-state index contributed by atoms with van der Waals surface area (Å²) in [6.07, 6.45) is 1.67. The molecule has 0 unspecified atom stereocenters. The monoisotopic (exact) mass is 491 g/mol. The maximum Gasteiger partial charge on any atom is 0.243 e. The highest BCUT2D eigenvalue weighted by Crippen LogP contribution is 2.29. The van der Waals surface area contributed by atoms with Crippen molar-refractivity contribution < 1.29 is 22.7 Å². The topological polar surface area (TPSA) is 107 Å². The average molecular weight is 492 g/mol. The molecule has 0 fully saturated rings. The summed E-state index contributed by atoms with van der Waals surface area (Å²) in [5.41, 5.74) is 1.52. The van der Waals surface area contributed by atoms with Crippen LogP contribution in [0.1, 0.15) is 5.56 Å². The molecule has 0 saturated carbocycles. The molecule has 1 aromatic heterocycles. The second-order valence-corrected chi connectivity index (χ2v) is 9.43. The maximum absolute atomic E-state index is 13.4. The number of para-hydroxylation sites is 1. The molecule has 180 valence electrons. The summed E-state index contributed by atoms with van der Waals surface area (Å²) in [7, 11) is -1.09.